The van der Waals surface area contributed by atoms with Crippen LogP contribution in [0.25, 0.3) is 5.69 Å². The summed E-state index contributed by atoms with van der Waals surface area (Å²) in [6.07, 6.45) is 1.48. The average molecular weight is 390 g/mol. The Morgan fingerprint density at radius 1 is 1.12 bits per heavy atom. The molecule has 2 aromatic carbocycles. The number of nitrogens with one attached hydrogen (secondary N) is 1. The lowest BCUT2D eigenvalue weighted by molar-refractivity contribution is 0.101. The van der Waals surface area contributed by atoms with E-state index in [1.165, 1.54) is 23.0 Å². The van der Waals surface area contributed by atoms with Gasteiger partial charge in [0.15, 0.2) is 5.69 Å². The van der Waals surface area contributed by atoms with Crippen LogP contribution in [0.3, 0.4) is 0 Å². The van der Waals surface area contributed by atoms with Crippen molar-refractivity contribution in [3.63, 3.8) is 0 Å². The molecule has 0 saturated heterocycles. The van der Waals surface area contributed by atoms with E-state index in [0.717, 1.165) is 0 Å². The third-order valence-corrected chi connectivity index (χ3v) is 4.09. The van der Waals surface area contributed by atoms with Gasteiger partial charge >= 0.3 is 0 Å². The minimum Gasteiger partial charge on any atom is -0.497 e. The summed E-state index contributed by atoms with van der Waals surface area (Å²) in [5.41, 5.74) is 0.248. The van der Waals surface area contributed by atoms with Crippen molar-refractivity contribution >= 4 is 34.8 Å². The molecule has 1 N–H and O–H groups in total. The second-order valence-corrected chi connectivity index (χ2v) is 6.09. The molecule has 0 aliphatic carbocycles. The summed E-state index contributed by atoms with van der Waals surface area (Å²) < 4.78 is 6.54. The molecule has 0 bridgehead atoms. The van der Waals surface area contributed by atoms with Gasteiger partial charge in [0.1, 0.15) is 5.75 Å². The molecule has 132 valence electrons. The van der Waals surface area contributed by atoms with Crippen LogP contribution in [-0.4, -0.2) is 22.8 Å². The Labute approximate surface area is 158 Å². The van der Waals surface area contributed by atoms with E-state index in [0.29, 0.717) is 22.1 Å². The van der Waals surface area contributed by atoms with Gasteiger partial charge in [-0.2, -0.15) is 5.10 Å². The van der Waals surface area contributed by atoms with Gasteiger partial charge in [0, 0.05) is 17.3 Å². The van der Waals surface area contributed by atoms with Crippen molar-refractivity contribution in [1.29, 1.82) is 0 Å². The predicted octanol–water partition coefficient (Wildman–Crippen LogP) is 3.80. The number of methoxy groups -OCH3 is 1. The number of anilines is 1. The van der Waals surface area contributed by atoms with Crippen molar-refractivity contribution in [1.82, 2.24) is 9.78 Å². The number of carbonyl (C=O) groups is 1. The lowest BCUT2D eigenvalue weighted by Crippen LogP contribution is -2.25. The zero-order valence-corrected chi connectivity index (χ0v) is 15.1. The van der Waals surface area contributed by atoms with Crippen LogP contribution in [0.1, 0.15) is 10.5 Å². The molecule has 6 nitrogen and oxygen atoms in total. The molecule has 0 fully saturated rings. The first kappa shape index (κ1) is 18.0. The van der Waals surface area contributed by atoms with Crippen LogP contribution in [0, 0.1) is 0 Å². The van der Waals surface area contributed by atoms with Crippen molar-refractivity contribution in [3.8, 4) is 11.4 Å². The highest BCUT2D eigenvalue weighted by Gasteiger charge is 2.15. The van der Waals surface area contributed by atoms with Crippen LogP contribution in [0.5, 0.6) is 5.75 Å². The molecule has 0 unspecified atom stereocenters. The van der Waals surface area contributed by atoms with Gasteiger partial charge in [-0.15, -0.1) is 0 Å². The molecular weight excluding hydrogens is 377 g/mol. The van der Waals surface area contributed by atoms with Crippen LogP contribution >= 0.6 is 23.2 Å². The molecule has 3 aromatic rings. The first-order valence-electron chi connectivity index (χ1n) is 7.49. The van der Waals surface area contributed by atoms with E-state index < -0.39 is 11.3 Å². The molecule has 8 heteroatoms. The SMILES string of the molecule is COc1ccc(-n2ccc(=O)c(C(=O)Nc3ccc(Cl)cc3Cl)n2)cc1. The van der Waals surface area contributed by atoms with Gasteiger partial charge in [0.25, 0.3) is 5.91 Å². The Kier molecular flexibility index (Phi) is 5.25. The van der Waals surface area contributed by atoms with E-state index in [1.54, 1.807) is 43.5 Å². The third kappa shape index (κ3) is 3.87. The Morgan fingerprint density at radius 2 is 1.85 bits per heavy atom. The number of nitrogens with zero attached hydrogens (tertiary/aromatic N) is 2. The third-order valence-electron chi connectivity index (χ3n) is 3.54. The zero-order chi connectivity index (χ0) is 18.7. The Morgan fingerprint density at radius 3 is 2.50 bits per heavy atom. The summed E-state index contributed by atoms with van der Waals surface area (Å²) in [5, 5.41) is 7.39. The first-order chi connectivity index (χ1) is 12.5. The van der Waals surface area contributed by atoms with Gasteiger partial charge in [-0.25, -0.2) is 4.68 Å². The predicted molar refractivity (Wildman–Crippen MR) is 101 cm³/mol. The molecule has 26 heavy (non-hydrogen) atoms. The summed E-state index contributed by atoms with van der Waals surface area (Å²) in [4.78, 5) is 24.5. The number of halogens is 2. The molecule has 0 aliphatic heterocycles. The van der Waals surface area contributed by atoms with E-state index in [1.807, 2.05) is 0 Å². The number of amides is 1. The van der Waals surface area contributed by atoms with Gasteiger partial charge < -0.3 is 10.1 Å². The highest BCUT2D eigenvalue weighted by molar-refractivity contribution is 6.36. The lowest BCUT2D eigenvalue weighted by atomic mass is 10.3. The number of rotatable bonds is 4. The van der Waals surface area contributed by atoms with Crippen molar-refractivity contribution in [3.05, 3.63) is 80.7 Å². The van der Waals surface area contributed by atoms with Crippen LogP contribution in [0.2, 0.25) is 10.0 Å². The fourth-order valence-electron chi connectivity index (χ4n) is 2.22. The molecule has 0 aliphatic rings. The van der Waals surface area contributed by atoms with Crippen molar-refractivity contribution in [2.24, 2.45) is 0 Å². The van der Waals surface area contributed by atoms with Crippen molar-refractivity contribution in [2.45, 2.75) is 0 Å². The largest absolute Gasteiger partial charge is 0.497 e. The summed E-state index contributed by atoms with van der Waals surface area (Å²) in [6, 6.07) is 12.9. The Hall–Kier alpha value is -2.83. The topological polar surface area (TPSA) is 73.2 Å². The van der Waals surface area contributed by atoms with Crippen LogP contribution < -0.4 is 15.5 Å². The number of hydrogen-bond donors (Lipinski definition) is 1. The molecule has 3 rings (SSSR count). The van der Waals surface area contributed by atoms with Gasteiger partial charge in [-0.05, 0) is 42.5 Å². The molecule has 0 radical (unpaired) electrons. The molecule has 1 aromatic heterocycles. The quantitative estimate of drug-likeness (QED) is 0.736. The maximum Gasteiger partial charge on any atom is 0.280 e. The van der Waals surface area contributed by atoms with Gasteiger partial charge in [0.05, 0.1) is 23.5 Å². The molecule has 1 amide bonds. The highest BCUT2D eigenvalue weighted by Crippen LogP contribution is 2.25. The zero-order valence-electron chi connectivity index (χ0n) is 13.6. The lowest BCUT2D eigenvalue weighted by Gasteiger charge is -2.09. The summed E-state index contributed by atoms with van der Waals surface area (Å²) in [7, 11) is 1.57. The second kappa shape index (κ2) is 7.59. The maximum absolute atomic E-state index is 12.5. The first-order valence-corrected chi connectivity index (χ1v) is 8.24. The molecule has 0 saturated carbocycles. The molecular formula is C18H13Cl2N3O3. The fraction of sp³-hybridized carbons (Fsp3) is 0.0556. The summed E-state index contributed by atoms with van der Waals surface area (Å²) in [5.74, 6) is 0.0206. The molecule has 0 spiro atoms. The number of aromatic nitrogens is 2. The standard InChI is InChI=1S/C18H13Cl2N3O3/c1-26-13-5-3-12(4-6-13)23-9-8-16(24)17(22-23)18(25)21-15-7-2-11(19)10-14(15)20/h2-10H,1H3,(H,21,25). The van der Waals surface area contributed by atoms with Gasteiger partial charge in [-0.3, -0.25) is 9.59 Å². The van der Waals surface area contributed by atoms with Crippen molar-refractivity contribution in [2.75, 3.05) is 12.4 Å². The van der Waals surface area contributed by atoms with Crippen molar-refractivity contribution < 1.29 is 9.53 Å². The molecule has 1 heterocycles. The van der Waals surface area contributed by atoms with Crippen LogP contribution in [-0.2, 0) is 0 Å². The monoisotopic (exact) mass is 389 g/mol. The number of benzene rings is 2. The summed E-state index contributed by atoms with van der Waals surface area (Å²) >= 11 is 11.9. The smallest absolute Gasteiger partial charge is 0.280 e. The highest BCUT2D eigenvalue weighted by atomic mass is 35.5. The van der Waals surface area contributed by atoms with E-state index in [4.69, 9.17) is 27.9 Å². The van der Waals surface area contributed by atoms with E-state index in [9.17, 15) is 9.59 Å². The van der Waals surface area contributed by atoms with E-state index >= 15 is 0 Å². The Bertz CT molecular complexity index is 1020. The van der Waals surface area contributed by atoms with E-state index in [2.05, 4.69) is 10.4 Å². The normalized spacial score (nSPS) is 10.4. The Balaban J connectivity index is 1.91. The van der Waals surface area contributed by atoms with Gasteiger partial charge in [-0.1, -0.05) is 23.2 Å². The van der Waals surface area contributed by atoms with Crippen LogP contribution in [0.4, 0.5) is 5.69 Å². The number of ether oxygens (including phenoxy) is 1. The summed E-state index contributed by atoms with van der Waals surface area (Å²) in [6.45, 7) is 0. The number of hydrogen-bond acceptors (Lipinski definition) is 4. The fourth-order valence-corrected chi connectivity index (χ4v) is 2.67. The number of carbonyl (C=O) groups excluding carboxylic acids is 1. The van der Waals surface area contributed by atoms with Gasteiger partial charge in [0.2, 0.25) is 5.43 Å². The minimum absolute atomic E-state index is 0.255. The minimum atomic E-state index is -0.665. The van der Waals surface area contributed by atoms with Crippen LogP contribution in [0.15, 0.2) is 59.5 Å². The second-order valence-electron chi connectivity index (χ2n) is 5.25. The average Bonchev–Trinajstić information content (AvgIpc) is 2.64. The molecule has 0 atom stereocenters. The van der Waals surface area contributed by atoms with E-state index in [-0.39, 0.29) is 10.7 Å². The maximum atomic E-state index is 12.5.